The van der Waals surface area contributed by atoms with Gasteiger partial charge in [0.1, 0.15) is 10.6 Å². The van der Waals surface area contributed by atoms with E-state index in [4.69, 9.17) is 4.74 Å². The predicted molar refractivity (Wildman–Crippen MR) is 93.6 cm³/mol. The summed E-state index contributed by atoms with van der Waals surface area (Å²) in [6, 6.07) is 3.87. The van der Waals surface area contributed by atoms with Crippen molar-refractivity contribution in [2.24, 2.45) is 0 Å². The van der Waals surface area contributed by atoms with Gasteiger partial charge in [-0.15, -0.1) is 0 Å². The molecule has 140 valence electrons. The minimum atomic E-state index is -3.99. The van der Waals surface area contributed by atoms with Gasteiger partial charge < -0.3 is 4.74 Å². The Bertz CT molecular complexity index is 885. The van der Waals surface area contributed by atoms with Crippen molar-refractivity contribution in [1.82, 2.24) is 4.72 Å². The Morgan fingerprint density at radius 3 is 2.40 bits per heavy atom. The van der Waals surface area contributed by atoms with E-state index in [0.717, 1.165) is 6.07 Å². The van der Waals surface area contributed by atoms with Crippen LogP contribution in [-0.4, -0.2) is 40.6 Å². The first-order valence-electron chi connectivity index (χ1n) is 7.74. The van der Waals surface area contributed by atoms with Gasteiger partial charge in [-0.3, -0.25) is 4.79 Å². The highest BCUT2D eigenvalue weighted by atomic mass is 32.2. The molecule has 1 aliphatic rings. The summed E-state index contributed by atoms with van der Waals surface area (Å²) in [5.74, 6) is -0.787. The molecule has 10 heteroatoms. The number of nitrogens with zero attached hydrogens (tertiary/aromatic N) is 1. The van der Waals surface area contributed by atoms with Crippen LogP contribution in [0.5, 0.6) is 5.75 Å². The minimum absolute atomic E-state index is 0.0137. The molecule has 0 aliphatic carbocycles. The molecule has 1 aromatic carbocycles. The van der Waals surface area contributed by atoms with E-state index in [0.29, 0.717) is 4.31 Å². The average Bonchev–Trinajstić information content (AvgIpc) is 2.71. The molecule has 0 saturated carbocycles. The molecule has 1 N–H and O–H groups in total. The summed E-state index contributed by atoms with van der Waals surface area (Å²) in [5, 5.41) is 0. The zero-order valence-electron chi connectivity index (χ0n) is 14.6. The monoisotopic (exact) mass is 390 g/mol. The number of carbonyl (C=O) groups is 1. The number of hydrogen-bond acceptors (Lipinski definition) is 6. The number of sulfonamides is 2. The maximum absolute atomic E-state index is 12.7. The van der Waals surface area contributed by atoms with Crippen molar-refractivity contribution in [1.29, 1.82) is 0 Å². The lowest BCUT2D eigenvalue weighted by Crippen LogP contribution is -2.40. The summed E-state index contributed by atoms with van der Waals surface area (Å²) in [7, 11) is -7.77. The van der Waals surface area contributed by atoms with Gasteiger partial charge in [0.05, 0.1) is 18.0 Å². The van der Waals surface area contributed by atoms with Crippen molar-refractivity contribution in [2.75, 3.05) is 16.7 Å². The van der Waals surface area contributed by atoms with Gasteiger partial charge in [-0.2, -0.15) is 0 Å². The van der Waals surface area contributed by atoms with Crippen LogP contribution in [0, 0.1) is 0 Å². The molecule has 0 atom stereocenters. The van der Waals surface area contributed by atoms with Gasteiger partial charge in [0.25, 0.3) is 0 Å². The van der Waals surface area contributed by atoms with Crippen molar-refractivity contribution in [2.45, 2.75) is 44.6 Å². The van der Waals surface area contributed by atoms with Gasteiger partial charge in [0.2, 0.25) is 26.0 Å². The molecule has 1 heterocycles. The number of rotatable bonds is 5. The molecule has 1 saturated heterocycles. The van der Waals surface area contributed by atoms with E-state index in [1.54, 1.807) is 27.7 Å². The Hall–Kier alpha value is -1.65. The summed E-state index contributed by atoms with van der Waals surface area (Å²) >= 11 is 0. The number of nitrogens with one attached hydrogen (secondary N) is 1. The summed E-state index contributed by atoms with van der Waals surface area (Å²) < 4.78 is 58.1. The highest BCUT2D eigenvalue weighted by Gasteiger charge is 2.37. The predicted octanol–water partition coefficient (Wildman–Crippen LogP) is 1.23. The number of benzene rings is 1. The van der Waals surface area contributed by atoms with Crippen LogP contribution < -0.4 is 13.8 Å². The lowest BCUT2D eigenvalue weighted by atomic mass is 10.1. The molecule has 1 aliphatic heterocycles. The fraction of sp³-hybridized carbons (Fsp3) is 0.533. The van der Waals surface area contributed by atoms with Crippen molar-refractivity contribution in [3.05, 3.63) is 18.2 Å². The van der Waals surface area contributed by atoms with Gasteiger partial charge >= 0.3 is 0 Å². The van der Waals surface area contributed by atoms with Crippen molar-refractivity contribution in [3.8, 4) is 5.75 Å². The number of carbonyl (C=O) groups excluding carboxylic acids is 1. The second-order valence-electron chi connectivity index (χ2n) is 6.64. The molecule has 25 heavy (non-hydrogen) atoms. The van der Waals surface area contributed by atoms with Gasteiger partial charge in [-0.05, 0) is 45.9 Å². The first-order chi connectivity index (χ1) is 11.4. The number of amides is 1. The van der Waals surface area contributed by atoms with Gasteiger partial charge in [-0.1, -0.05) is 0 Å². The number of hydrogen-bond donors (Lipinski definition) is 1. The molecular weight excluding hydrogens is 368 g/mol. The maximum atomic E-state index is 12.7. The summed E-state index contributed by atoms with van der Waals surface area (Å²) in [5.41, 5.74) is -0.756. The van der Waals surface area contributed by atoms with E-state index in [9.17, 15) is 21.6 Å². The molecule has 0 spiro atoms. The van der Waals surface area contributed by atoms with Crippen LogP contribution in [0.2, 0.25) is 0 Å². The molecule has 1 aromatic rings. The Labute approximate surface area is 148 Å². The van der Waals surface area contributed by atoms with Crippen LogP contribution in [0.4, 0.5) is 5.69 Å². The van der Waals surface area contributed by atoms with E-state index < -0.39 is 31.5 Å². The highest BCUT2D eigenvalue weighted by Crippen LogP contribution is 2.33. The van der Waals surface area contributed by atoms with E-state index in [1.807, 2.05) is 0 Å². The van der Waals surface area contributed by atoms with Crippen molar-refractivity contribution >= 4 is 31.6 Å². The van der Waals surface area contributed by atoms with Crippen LogP contribution in [0.1, 0.15) is 34.1 Å². The SMILES string of the molecule is CCOc1ccc(N2C(=O)CCS2(=O)=O)cc1S(=O)(=O)NC(C)(C)C. The lowest BCUT2D eigenvalue weighted by molar-refractivity contribution is -0.116. The van der Waals surface area contributed by atoms with Gasteiger partial charge in [0, 0.05) is 12.0 Å². The Morgan fingerprint density at radius 1 is 1.28 bits per heavy atom. The van der Waals surface area contributed by atoms with E-state index in [-0.39, 0.29) is 35.1 Å². The van der Waals surface area contributed by atoms with Crippen LogP contribution in [0.25, 0.3) is 0 Å². The third-order valence-electron chi connectivity index (χ3n) is 3.27. The summed E-state index contributed by atoms with van der Waals surface area (Å²) in [6.07, 6.45) is -0.127. The van der Waals surface area contributed by atoms with Gasteiger partial charge in [-0.25, -0.2) is 25.9 Å². The zero-order chi connectivity index (χ0) is 19.0. The summed E-state index contributed by atoms with van der Waals surface area (Å²) in [4.78, 5) is 11.7. The quantitative estimate of drug-likeness (QED) is 0.810. The second kappa shape index (κ2) is 6.58. The van der Waals surface area contributed by atoms with Crippen molar-refractivity contribution in [3.63, 3.8) is 0 Å². The Kier molecular flexibility index (Phi) is 5.18. The third kappa shape index (κ3) is 4.31. The lowest BCUT2D eigenvalue weighted by Gasteiger charge is -2.23. The van der Waals surface area contributed by atoms with E-state index in [2.05, 4.69) is 4.72 Å². The number of ether oxygens (including phenoxy) is 1. The van der Waals surface area contributed by atoms with Gasteiger partial charge in [0.15, 0.2) is 0 Å². The average molecular weight is 390 g/mol. The fourth-order valence-electron chi connectivity index (χ4n) is 2.43. The van der Waals surface area contributed by atoms with Crippen LogP contribution in [0.3, 0.4) is 0 Å². The molecule has 2 rings (SSSR count). The standard InChI is InChI=1S/C15H22N2O6S2/c1-5-23-12-7-6-11(17-14(18)8-9-24(17,19)20)10-13(12)25(21,22)16-15(2,3)4/h6-7,10,16H,5,8-9H2,1-4H3. The smallest absolute Gasteiger partial charge is 0.244 e. The molecule has 1 fully saturated rings. The fourth-order valence-corrected chi connectivity index (χ4v) is 5.47. The molecule has 0 bridgehead atoms. The molecular formula is C15H22N2O6S2. The first-order valence-corrected chi connectivity index (χ1v) is 10.8. The topological polar surface area (TPSA) is 110 Å². The van der Waals surface area contributed by atoms with Crippen LogP contribution in [0.15, 0.2) is 23.1 Å². The highest BCUT2D eigenvalue weighted by molar-refractivity contribution is 7.94. The van der Waals surface area contributed by atoms with Crippen LogP contribution in [-0.2, 0) is 24.8 Å². The Morgan fingerprint density at radius 2 is 1.92 bits per heavy atom. The second-order valence-corrected chi connectivity index (χ2v) is 10.2. The molecule has 0 unspecified atom stereocenters. The largest absolute Gasteiger partial charge is 0.492 e. The molecule has 0 aromatic heterocycles. The third-order valence-corrected chi connectivity index (χ3v) is 6.74. The van der Waals surface area contributed by atoms with Crippen molar-refractivity contribution < 1.29 is 26.4 Å². The number of anilines is 1. The van der Waals surface area contributed by atoms with E-state index in [1.165, 1.54) is 12.1 Å². The summed E-state index contributed by atoms with van der Waals surface area (Å²) in [6.45, 7) is 6.99. The zero-order valence-corrected chi connectivity index (χ0v) is 16.2. The molecule has 8 nitrogen and oxygen atoms in total. The Balaban J connectivity index is 2.60. The van der Waals surface area contributed by atoms with E-state index >= 15 is 0 Å². The first kappa shape index (κ1) is 19.7. The van der Waals surface area contributed by atoms with Crippen LogP contribution >= 0.6 is 0 Å². The maximum Gasteiger partial charge on any atom is 0.244 e. The normalized spacial score (nSPS) is 17.8. The molecule has 1 amide bonds. The minimum Gasteiger partial charge on any atom is -0.492 e. The molecule has 0 radical (unpaired) electrons.